The number of aliphatic hydroxyl groups is 1. The van der Waals surface area contributed by atoms with E-state index in [9.17, 15) is 9.90 Å². The van der Waals surface area contributed by atoms with Crippen LogP contribution in [0.5, 0.6) is 5.75 Å². The predicted octanol–water partition coefficient (Wildman–Crippen LogP) is 2.63. The number of hydrogen-bond acceptors (Lipinski definition) is 3. The molecule has 0 saturated carbocycles. The molecule has 0 fully saturated rings. The first-order valence-corrected chi connectivity index (χ1v) is 5.56. The average Bonchev–Trinajstić information content (AvgIpc) is 2.14. The Morgan fingerprint density at radius 2 is 2.06 bits per heavy atom. The molecule has 0 spiro atoms. The lowest BCUT2D eigenvalue weighted by molar-refractivity contribution is 0.188. The highest BCUT2D eigenvalue weighted by Gasteiger charge is 2.15. The maximum atomic E-state index is 11.5. The van der Waals surface area contributed by atoms with E-state index in [1.165, 1.54) is 0 Å². The molecular weight excluding hydrogens is 218 g/mol. The Hall–Kier alpha value is -1.55. The molecule has 0 aromatic heterocycles. The minimum absolute atomic E-state index is 0.334. The van der Waals surface area contributed by atoms with Gasteiger partial charge in [-0.05, 0) is 45.4 Å². The first-order chi connectivity index (χ1) is 7.78. The zero-order valence-corrected chi connectivity index (χ0v) is 10.7. The van der Waals surface area contributed by atoms with Crippen molar-refractivity contribution in [2.75, 3.05) is 0 Å². The van der Waals surface area contributed by atoms with Gasteiger partial charge < -0.3 is 15.2 Å². The number of rotatable bonds is 2. The molecule has 17 heavy (non-hydrogen) atoms. The number of hydrogen-bond donors (Lipinski definition) is 2. The molecule has 0 aliphatic rings. The number of benzene rings is 1. The van der Waals surface area contributed by atoms with Crippen molar-refractivity contribution in [3.63, 3.8) is 0 Å². The quantitative estimate of drug-likeness (QED) is 0.831. The lowest BCUT2D eigenvalue weighted by atomic mass is 10.1. The van der Waals surface area contributed by atoms with Gasteiger partial charge in [0.15, 0.2) is 0 Å². The summed E-state index contributed by atoms with van der Waals surface area (Å²) >= 11 is 0. The van der Waals surface area contributed by atoms with Gasteiger partial charge in [0, 0.05) is 5.54 Å². The molecule has 94 valence electrons. The highest BCUT2D eigenvalue weighted by atomic mass is 16.6. The van der Waals surface area contributed by atoms with E-state index in [0.29, 0.717) is 11.3 Å². The topological polar surface area (TPSA) is 58.6 Å². The molecule has 2 N–H and O–H groups in total. The number of ether oxygens (including phenoxy) is 1. The Balaban J connectivity index is 2.69. The van der Waals surface area contributed by atoms with Crippen molar-refractivity contribution >= 4 is 6.09 Å². The molecular formula is C13H19NO3. The summed E-state index contributed by atoms with van der Waals surface area (Å²) in [4.78, 5) is 11.5. The third kappa shape index (κ3) is 4.87. The van der Waals surface area contributed by atoms with Gasteiger partial charge in [0.2, 0.25) is 0 Å². The van der Waals surface area contributed by atoms with Crippen LogP contribution in [0.2, 0.25) is 0 Å². The molecule has 0 saturated heterocycles. The fourth-order valence-electron chi connectivity index (χ4n) is 1.28. The van der Waals surface area contributed by atoms with Gasteiger partial charge in [-0.25, -0.2) is 4.79 Å². The molecule has 0 bridgehead atoms. The number of carbonyl (C=O) groups excluding carboxylic acids is 1. The van der Waals surface area contributed by atoms with Gasteiger partial charge in [0.25, 0.3) is 0 Å². The number of amides is 1. The molecule has 1 aromatic carbocycles. The Morgan fingerprint density at radius 3 is 2.59 bits per heavy atom. The lowest BCUT2D eigenvalue weighted by Crippen LogP contribution is -2.42. The first kappa shape index (κ1) is 13.5. The summed E-state index contributed by atoms with van der Waals surface area (Å²) in [6.07, 6.45) is -1.08. The van der Waals surface area contributed by atoms with Crippen LogP contribution in [-0.4, -0.2) is 16.7 Å². The van der Waals surface area contributed by atoms with Gasteiger partial charge in [-0.15, -0.1) is 0 Å². The monoisotopic (exact) mass is 237 g/mol. The second kappa shape index (κ2) is 5.19. The molecule has 0 unspecified atom stereocenters. The van der Waals surface area contributed by atoms with Crippen LogP contribution in [0.15, 0.2) is 24.3 Å². The maximum absolute atomic E-state index is 11.5. The SMILES string of the molecule is C[C@H](O)c1cccc(OC(=O)NC(C)(C)C)c1. The summed E-state index contributed by atoms with van der Waals surface area (Å²) in [5.41, 5.74) is 0.380. The lowest BCUT2D eigenvalue weighted by Gasteiger charge is -2.20. The van der Waals surface area contributed by atoms with Crippen molar-refractivity contribution in [3.05, 3.63) is 29.8 Å². The Labute approximate surface area is 102 Å². The summed E-state index contributed by atoms with van der Waals surface area (Å²) in [5.74, 6) is 0.421. The van der Waals surface area contributed by atoms with Gasteiger partial charge in [-0.1, -0.05) is 12.1 Å². The van der Waals surface area contributed by atoms with Crippen LogP contribution in [-0.2, 0) is 0 Å². The molecule has 1 atom stereocenters. The van der Waals surface area contributed by atoms with E-state index in [2.05, 4.69) is 5.32 Å². The van der Waals surface area contributed by atoms with Crippen LogP contribution >= 0.6 is 0 Å². The van der Waals surface area contributed by atoms with E-state index in [4.69, 9.17) is 4.74 Å². The van der Waals surface area contributed by atoms with Gasteiger partial charge in [0.05, 0.1) is 6.10 Å². The van der Waals surface area contributed by atoms with Gasteiger partial charge in [0.1, 0.15) is 5.75 Å². The minimum Gasteiger partial charge on any atom is -0.410 e. The zero-order valence-electron chi connectivity index (χ0n) is 10.7. The smallest absolute Gasteiger partial charge is 0.410 e. The number of aliphatic hydroxyl groups excluding tert-OH is 1. The highest BCUT2D eigenvalue weighted by molar-refractivity contribution is 5.71. The fraction of sp³-hybridized carbons (Fsp3) is 0.462. The fourth-order valence-corrected chi connectivity index (χ4v) is 1.28. The summed E-state index contributed by atoms with van der Waals surface area (Å²) < 4.78 is 5.12. The molecule has 1 amide bonds. The van der Waals surface area contributed by atoms with Crippen molar-refractivity contribution < 1.29 is 14.6 Å². The van der Waals surface area contributed by atoms with Crippen LogP contribution in [0.1, 0.15) is 39.4 Å². The van der Waals surface area contributed by atoms with Gasteiger partial charge >= 0.3 is 6.09 Å². The van der Waals surface area contributed by atoms with Crippen molar-refractivity contribution in [1.29, 1.82) is 0 Å². The van der Waals surface area contributed by atoms with E-state index in [1.54, 1.807) is 31.2 Å². The Kier molecular flexibility index (Phi) is 4.12. The van der Waals surface area contributed by atoms with Crippen molar-refractivity contribution in [1.82, 2.24) is 5.32 Å². The van der Waals surface area contributed by atoms with Crippen LogP contribution < -0.4 is 10.1 Å². The first-order valence-electron chi connectivity index (χ1n) is 5.56. The Morgan fingerprint density at radius 1 is 1.41 bits per heavy atom. The zero-order chi connectivity index (χ0) is 13.1. The van der Waals surface area contributed by atoms with Crippen LogP contribution in [0.25, 0.3) is 0 Å². The third-order valence-corrected chi connectivity index (χ3v) is 2.03. The van der Waals surface area contributed by atoms with Crippen molar-refractivity contribution in [3.8, 4) is 5.75 Å². The minimum atomic E-state index is -0.579. The average molecular weight is 237 g/mol. The maximum Gasteiger partial charge on any atom is 0.413 e. The standard InChI is InChI=1S/C13H19NO3/c1-9(15)10-6-5-7-11(8-10)17-12(16)14-13(2,3)4/h5-9,15H,1-4H3,(H,14,16)/t9-/m0/s1. The third-order valence-electron chi connectivity index (χ3n) is 2.03. The normalized spacial score (nSPS) is 13.0. The molecule has 0 aliphatic carbocycles. The van der Waals surface area contributed by atoms with E-state index >= 15 is 0 Å². The summed E-state index contributed by atoms with van der Waals surface area (Å²) in [7, 11) is 0. The predicted molar refractivity (Wildman–Crippen MR) is 66.0 cm³/mol. The van der Waals surface area contributed by atoms with E-state index in [-0.39, 0.29) is 5.54 Å². The van der Waals surface area contributed by atoms with Gasteiger partial charge in [-0.2, -0.15) is 0 Å². The molecule has 0 heterocycles. The second-order valence-corrected chi connectivity index (χ2v) is 5.01. The van der Waals surface area contributed by atoms with E-state index < -0.39 is 12.2 Å². The van der Waals surface area contributed by atoms with E-state index in [1.807, 2.05) is 20.8 Å². The summed E-state index contributed by atoms with van der Waals surface area (Å²) in [6.45, 7) is 7.29. The second-order valence-electron chi connectivity index (χ2n) is 5.01. The Bertz CT molecular complexity index is 394. The molecule has 1 aromatic rings. The molecule has 4 nitrogen and oxygen atoms in total. The van der Waals surface area contributed by atoms with Crippen molar-refractivity contribution in [2.24, 2.45) is 0 Å². The van der Waals surface area contributed by atoms with Crippen LogP contribution in [0.3, 0.4) is 0 Å². The number of nitrogens with one attached hydrogen (secondary N) is 1. The molecule has 1 rings (SSSR count). The molecule has 4 heteroatoms. The van der Waals surface area contributed by atoms with E-state index in [0.717, 1.165) is 0 Å². The molecule has 0 radical (unpaired) electrons. The highest BCUT2D eigenvalue weighted by Crippen LogP contribution is 2.19. The summed E-state index contributed by atoms with van der Waals surface area (Å²) in [5, 5.41) is 12.1. The van der Waals surface area contributed by atoms with Crippen molar-refractivity contribution in [2.45, 2.75) is 39.3 Å². The largest absolute Gasteiger partial charge is 0.413 e. The summed E-state index contributed by atoms with van der Waals surface area (Å²) in [6, 6.07) is 6.84. The van der Waals surface area contributed by atoms with Gasteiger partial charge in [-0.3, -0.25) is 0 Å². The number of carbonyl (C=O) groups is 1. The van der Waals surface area contributed by atoms with Crippen LogP contribution in [0.4, 0.5) is 4.79 Å². The van der Waals surface area contributed by atoms with Crippen LogP contribution in [0, 0.1) is 0 Å². The molecule has 0 aliphatic heterocycles.